The first-order chi connectivity index (χ1) is 12.8. The minimum Gasteiger partial charge on any atom is -0.322 e. The zero-order chi connectivity index (χ0) is 19.2. The second-order valence-corrected chi connectivity index (χ2v) is 5.99. The molecular formula is C20H23N3. The zero-order valence-corrected chi connectivity index (χ0v) is 13.3. The number of nitrogens with zero attached hydrogens (tertiary/aromatic N) is 3. The molecule has 1 fully saturated rings. The van der Waals surface area contributed by atoms with E-state index in [-0.39, 0.29) is 19.4 Å². The minimum absolute atomic E-state index is 0.139. The van der Waals surface area contributed by atoms with Gasteiger partial charge in [0.1, 0.15) is 5.82 Å². The van der Waals surface area contributed by atoms with Gasteiger partial charge in [-0.25, -0.2) is 4.98 Å². The predicted octanol–water partition coefficient (Wildman–Crippen LogP) is 3.99. The molecule has 1 aliphatic rings. The number of fused-ring (bicyclic) bond motifs is 1. The summed E-state index contributed by atoms with van der Waals surface area (Å²) in [6.45, 7) is -0.525. The second-order valence-electron chi connectivity index (χ2n) is 5.99. The molecule has 0 bridgehead atoms. The Bertz CT molecular complexity index is 947. The van der Waals surface area contributed by atoms with Gasteiger partial charge in [-0.3, -0.25) is 4.90 Å². The van der Waals surface area contributed by atoms with Crippen molar-refractivity contribution in [3.63, 3.8) is 0 Å². The van der Waals surface area contributed by atoms with Crippen molar-refractivity contribution < 1.29 is 5.48 Å². The summed E-state index contributed by atoms with van der Waals surface area (Å²) in [5.41, 5.74) is 4.17. The molecule has 0 spiro atoms. The lowest BCUT2D eigenvalue weighted by atomic mass is 10.1. The summed E-state index contributed by atoms with van der Waals surface area (Å²) in [6.07, 6.45) is 0.385. The summed E-state index contributed by atoms with van der Waals surface area (Å²) in [4.78, 5) is 6.02. The van der Waals surface area contributed by atoms with Crippen LogP contribution in [0.1, 0.15) is 35.3 Å². The van der Waals surface area contributed by atoms with Crippen LogP contribution in [0.4, 0.5) is 0 Å². The third-order valence-electron chi connectivity index (χ3n) is 4.22. The van der Waals surface area contributed by atoms with Crippen molar-refractivity contribution in [2.75, 3.05) is 13.0 Å². The molecule has 118 valence electrons. The van der Waals surface area contributed by atoms with Crippen LogP contribution in [0.3, 0.4) is 0 Å². The van der Waals surface area contributed by atoms with Crippen molar-refractivity contribution in [1.82, 2.24) is 14.5 Å². The maximum Gasteiger partial charge on any atom is 0.124 e. The first kappa shape index (κ1) is 10.6. The highest BCUT2D eigenvalue weighted by atomic mass is 15.2. The van der Waals surface area contributed by atoms with E-state index < -0.39 is 13.0 Å². The maximum atomic E-state index is 8.21. The smallest absolute Gasteiger partial charge is 0.124 e. The number of aromatic nitrogens is 2. The first-order valence-electron chi connectivity index (χ1n) is 10.0. The molecule has 0 saturated carbocycles. The first-order valence-corrected chi connectivity index (χ1v) is 8.04. The van der Waals surface area contributed by atoms with E-state index in [0.29, 0.717) is 12.4 Å². The highest BCUT2D eigenvalue weighted by molar-refractivity contribution is 5.76. The lowest BCUT2D eigenvalue weighted by molar-refractivity contribution is 0.318. The summed E-state index contributed by atoms with van der Waals surface area (Å²) >= 11 is 0. The van der Waals surface area contributed by atoms with Crippen LogP contribution in [0.2, 0.25) is 0 Å². The predicted molar refractivity (Wildman–Crippen MR) is 94.5 cm³/mol. The van der Waals surface area contributed by atoms with Crippen LogP contribution in [0.15, 0.2) is 48.5 Å². The number of rotatable bonds is 4. The fourth-order valence-electron chi connectivity index (χ4n) is 2.99. The Morgan fingerprint density at radius 2 is 1.74 bits per heavy atom. The molecule has 3 nitrogen and oxygen atoms in total. The van der Waals surface area contributed by atoms with Crippen LogP contribution in [-0.4, -0.2) is 27.4 Å². The molecule has 0 N–H and O–H groups in total. The lowest BCUT2D eigenvalue weighted by Crippen LogP contribution is -2.21. The van der Waals surface area contributed by atoms with Gasteiger partial charge in [-0.15, -0.1) is 0 Å². The van der Waals surface area contributed by atoms with Crippen molar-refractivity contribution in [1.29, 1.82) is 0 Å². The van der Waals surface area contributed by atoms with Crippen LogP contribution >= 0.6 is 0 Å². The van der Waals surface area contributed by atoms with Crippen molar-refractivity contribution in [3.05, 3.63) is 65.5 Å². The van der Waals surface area contributed by atoms with E-state index in [9.17, 15) is 0 Å². The quantitative estimate of drug-likeness (QED) is 0.726. The Labute approximate surface area is 143 Å². The number of aryl methyl sites for hydroxylation is 1. The SMILES string of the molecule is [2H]C1([2H])CCC([2H])([2H])N1Cc1nc2ccccc2n1Cc1ccc(C)cc1. The van der Waals surface area contributed by atoms with Crippen LogP contribution < -0.4 is 0 Å². The van der Waals surface area contributed by atoms with Crippen LogP contribution in [0.25, 0.3) is 11.0 Å². The topological polar surface area (TPSA) is 21.1 Å². The van der Waals surface area contributed by atoms with Gasteiger partial charge in [-0.1, -0.05) is 42.0 Å². The Morgan fingerprint density at radius 1 is 1.00 bits per heavy atom. The van der Waals surface area contributed by atoms with E-state index in [0.717, 1.165) is 16.6 Å². The monoisotopic (exact) mass is 309 g/mol. The van der Waals surface area contributed by atoms with Gasteiger partial charge in [0, 0.05) is 12.0 Å². The van der Waals surface area contributed by atoms with E-state index in [1.165, 1.54) is 10.5 Å². The van der Waals surface area contributed by atoms with E-state index in [2.05, 4.69) is 35.8 Å². The molecule has 0 aliphatic carbocycles. The Morgan fingerprint density at radius 3 is 2.52 bits per heavy atom. The summed E-state index contributed by atoms with van der Waals surface area (Å²) in [6, 6.07) is 16.2. The second kappa shape index (κ2) is 6.17. The number of para-hydroxylation sites is 2. The number of imidazole rings is 1. The molecule has 2 heterocycles. The molecule has 0 amide bonds. The highest BCUT2D eigenvalue weighted by Gasteiger charge is 2.17. The van der Waals surface area contributed by atoms with Gasteiger partial charge in [0.15, 0.2) is 0 Å². The number of likely N-dealkylation sites (tertiary alicyclic amines) is 1. The average molecular weight is 309 g/mol. The number of hydrogen-bond acceptors (Lipinski definition) is 2. The zero-order valence-electron chi connectivity index (χ0n) is 17.3. The summed E-state index contributed by atoms with van der Waals surface area (Å²) < 4.78 is 34.9. The molecule has 0 atom stereocenters. The van der Waals surface area contributed by atoms with E-state index in [4.69, 9.17) is 10.5 Å². The molecule has 2 aromatic carbocycles. The molecule has 1 aliphatic heterocycles. The minimum atomic E-state index is -1.67. The van der Waals surface area contributed by atoms with Crippen LogP contribution in [-0.2, 0) is 13.1 Å². The molecule has 3 aromatic rings. The van der Waals surface area contributed by atoms with Gasteiger partial charge in [-0.2, -0.15) is 0 Å². The van der Waals surface area contributed by atoms with Gasteiger partial charge in [-0.05, 0) is 50.5 Å². The standard InChI is InChI=1S/C20H23N3/c1-16-8-10-17(11-9-16)14-23-19-7-3-2-6-18(19)21-20(23)15-22-12-4-5-13-22/h2-3,6-11H,4-5,12-15H2,1H3/i12D2,13D2. The maximum absolute atomic E-state index is 8.21. The van der Waals surface area contributed by atoms with Gasteiger partial charge in [0.25, 0.3) is 0 Å². The van der Waals surface area contributed by atoms with Crippen LogP contribution in [0, 0.1) is 6.92 Å². The van der Waals surface area contributed by atoms with Crippen LogP contribution in [0.5, 0.6) is 0 Å². The van der Waals surface area contributed by atoms with Gasteiger partial charge < -0.3 is 4.57 Å². The Kier molecular flexibility index (Phi) is 2.84. The third-order valence-corrected chi connectivity index (χ3v) is 4.22. The molecule has 1 saturated heterocycles. The van der Waals surface area contributed by atoms with Gasteiger partial charge >= 0.3 is 0 Å². The molecule has 0 unspecified atom stereocenters. The van der Waals surface area contributed by atoms with Crippen molar-refractivity contribution in [3.8, 4) is 0 Å². The molecule has 1 aromatic heterocycles. The van der Waals surface area contributed by atoms with Gasteiger partial charge in [0.05, 0.1) is 17.6 Å². The van der Waals surface area contributed by atoms with E-state index in [1.54, 1.807) is 0 Å². The Balaban J connectivity index is 1.75. The summed E-state index contributed by atoms with van der Waals surface area (Å²) in [5, 5.41) is 0. The highest BCUT2D eigenvalue weighted by Crippen LogP contribution is 2.21. The van der Waals surface area contributed by atoms with Crippen molar-refractivity contribution in [2.45, 2.75) is 32.9 Å². The molecule has 4 rings (SSSR count). The largest absolute Gasteiger partial charge is 0.322 e. The number of benzene rings is 2. The molecule has 3 heteroatoms. The fourth-order valence-corrected chi connectivity index (χ4v) is 2.99. The van der Waals surface area contributed by atoms with Crippen molar-refractivity contribution >= 4 is 11.0 Å². The van der Waals surface area contributed by atoms with E-state index >= 15 is 0 Å². The third kappa shape index (κ3) is 3.02. The lowest BCUT2D eigenvalue weighted by Gasteiger charge is -2.16. The normalized spacial score (nSPS) is 22.5. The van der Waals surface area contributed by atoms with Gasteiger partial charge in [0.2, 0.25) is 0 Å². The average Bonchev–Trinajstić information content (AvgIpc) is 3.07. The number of hydrogen-bond donors (Lipinski definition) is 0. The molecule has 0 radical (unpaired) electrons. The Hall–Kier alpha value is -2.13. The fraction of sp³-hybridized carbons (Fsp3) is 0.350. The summed E-state index contributed by atoms with van der Waals surface area (Å²) in [7, 11) is 0. The van der Waals surface area contributed by atoms with Crippen molar-refractivity contribution in [2.24, 2.45) is 0 Å². The summed E-state index contributed by atoms with van der Waals surface area (Å²) in [5.74, 6) is 0.687. The molecule has 23 heavy (non-hydrogen) atoms. The van der Waals surface area contributed by atoms with E-state index in [1.807, 2.05) is 24.3 Å². The molecular weight excluding hydrogens is 282 g/mol.